The molecule has 0 fully saturated rings. The average molecular weight is 991 g/mol. The topological polar surface area (TPSA) is 90.9 Å². The third-order valence-electron chi connectivity index (χ3n) is 14.3. The summed E-state index contributed by atoms with van der Waals surface area (Å²) >= 11 is 0. The Hall–Kier alpha value is -11.8. The molecule has 0 radical (unpaired) electrons. The van der Waals surface area contributed by atoms with Crippen molar-refractivity contribution in [1.82, 2.24) is 0 Å². The first-order valence-corrected chi connectivity index (χ1v) is 24.9. The fourth-order valence-corrected chi connectivity index (χ4v) is 10.5. The normalized spacial score (nSPS) is 10.7. The van der Waals surface area contributed by atoms with Gasteiger partial charge in [-0.2, -0.15) is 15.8 Å². The van der Waals surface area contributed by atoms with Crippen LogP contribution in [0.4, 0.5) is 51.2 Å². The molecule has 78 heavy (non-hydrogen) atoms. The molecule has 0 atom stereocenters. The van der Waals surface area contributed by atoms with Crippen molar-refractivity contribution in [2.75, 3.05) is 9.80 Å². The zero-order chi connectivity index (χ0) is 53.3. The van der Waals surface area contributed by atoms with Gasteiger partial charge in [0.2, 0.25) is 0 Å². The van der Waals surface area contributed by atoms with Gasteiger partial charge in [0, 0.05) is 33.5 Å². The number of hydrogen-bond donors (Lipinski definition) is 0. The first-order valence-electron chi connectivity index (χ1n) is 24.9. The van der Waals surface area contributed by atoms with E-state index >= 15 is 0 Å². The van der Waals surface area contributed by atoms with Crippen LogP contribution in [0.25, 0.3) is 91.4 Å². The van der Waals surface area contributed by atoms with Crippen LogP contribution in [0, 0.1) is 53.7 Å². The zero-order valence-electron chi connectivity index (χ0n) is 41.5. The van der Waals surface area contributed by atoms with Crippen LogP contribution in [0.15, 0.2) is 231 Å². The van der Waals surface area contributed by atoms with Gasteiger partial charge in [-0.25, -0.2) is 14.5 Å². The van der Waals surface area contributed by atoms with Crippen LogP contribution >= 0.6 is 0 Å². The molecule has 0 bridgehead atoms. The molecule has 0 aliphatic heterocycles. The smallest absolute Gasteiger partial charge is 0.187 e. The Kier molecular flexibility index (Phi) is 12.1. The Bertz CT molecular complexity index is 4130. The van der Waals surface area contributed by atoms with Crippen molar-refractivity contribution < 1.29 is 0 Å². The number of anilines is 6. The summed E-state index contributed by atoms with van der Waals surface area (Å²) in [7, 11) is 0. The second kappa shape index (κ2) is 19.9. The van der Waals surface area contributed by atoms with Crippen molar-refractivity contribution in [3.05, 3.63) is 281 Å². The van der Waals surface area contributed by atoms with Gasteiger partial charge in [-0.05, 0) is 175 Å². The van der Waals surface area contributed by atoms with Gasteiger partial charge in [-0.1, -0.05) is 121 Å². The van der Waals surface area contributed by atoms with E-state index in [2.05, 4.69) is 127 Å². The van der Waals surface area contributed by atoms with Crippen LogP contribution in [0.2, 0.25) is 0 Å². The van der Waals surface area contributed by atoms with Crippen LogP contribution in [-0.2, 0) is 0 Å². The molecule has 0 aromatic heterocycles. The largest absolute Gasteiger partial charge is 0.310 e. The molecule has 0 aliphatic rings. The van der Waals surface area contributed by atoms with Gasteiger partial charge in [0.15, 0.2) is 17.1 Å². The second-order valence-electron chi connectivity index (χ2n) is 18.8. The first-order chi connectivity index (χ1) is 38.3. The molecule has 12 rings (SSSR count). The lowest BCUT2D eigenvalue weighted by atomic mass is 9.91. The molecular formula is C70H38N8. The highest BCUT2D eigenvalue weighted by molar-refractivity contribution is 6.28. The highest BCUT2D eigenvalue weighted by atomic mass is 15.2. The molecule has 0 amide bonds. The van der Waals surface area contributed by atoms with E-state index < -0.39 is 0 Å². The van der Waals surface area contributed by atoms with Gasteiger partial charge in [0.1, 0.15) is 0 Å². The van der Waals surface area contributed by atoms with Gasteiger partial charge in [0.05, 0.1) is 66.0 Å². The number of nitrogens with zero attached hydrogens (tertiary/aromatic N) is 8. The molecule has 358 valence electrons. The van der Waals surface area contributed by atoms with Crippen LogP contribution in [-0.4, -0.2) is 0 Å². The molecule has 12 aromatic carbocycles. The minimum absolute atomic E-state index is 0.521. The zero-order valence-corrected chi connectivity index (χ0v) is 41.5. The first kappa shape index (κ1) is 47.2. The maximum absolute atomic E-state index is 9.96. The molecular weight excluding hydrogens is 953 g/mol. The molecule has 0 saturated carbocycles. The fraction of sp³-hybridized carbons (Fsp3) is 0. The summed E-state index contributed by atoms with van der Waals surface area (Å²) in [5, 5.41) is 35.6. The minimum atomic E-state index is 0.521. The molecule has 8 heteroatoms. The molecule has 8 nitrogen and oxygen atoms in total. The summed E-state index contributed by atoms with van der Waals surface area (Å²) in [5.41, 5.74) is 16.0. The summed E-state index contributed by atoms with van der Waals surface area (Å²) in [6.45, 7) is 23.1. The summed E-state index contributed by atoms with van der Waals surface area (Å²) in [4.78, 5) is 15.5. The van der Waals surface area contributed by atoms with Crippen molar-refractivity contribution >= 4 is 83.5 Å². The lowest BCUT2D eigenvalue weighted by Gasteiger charge is -2.30. The van der Waals surface area contributed by atoms with Crippen molar-refractivity contribution in [2.24, 2.45) is 0 Å². The Labute approximate surface area is 451 Å². The van der Waals surface area contributed by atoms with E-state index in [4.69, 9.17) is 19.7 Å². The maximum atomic E-state index is 9.96. The lowest BCUT2D eigenvalue weighted by molar-refractivity contribution is 1.29. The molecule has 0 N–H and O–H groups in total. The van der Waals surface area contributed by atoms with Crippen LogP contribution in [0.1, 0.15) is 16.7 Å². The van der Waals surface area contributed by atoms with Crippen LogP contribution in [0.5, 0.6) is 0 Å². The number of hydrogen-bond acceptors (Lipinski definition) is 5. The van der Waals surface area contributed by atoms with Gasteiger partial charge < -0.3 is 9.80 Å². The number of nitriles is 3. The average Bonchev–Trinajstić information content (AvgIpc) is 3.70. The fourth-order valence-electron chi connectivity index (χ4n) is 10.5. The maximum Gasteiger partial charge on any atom is 0.187 e. The highest BCUT2D eigenvalue weighted by Gasteiger charge is 2.24. The minimum Gasteiger partial charge on any atom is -0.310 e. The van der Waals surface area contributed by atoms with E-state index in [0.29, 0.717) is 33.8 Å². The quantitative estimate of drug-likeness (QED) is 0.101. The monoisotopic (exact) mass is 990 g/mol. The summed E-state index contributed by atoms with van der Waals surface area (Å²) < 4.78 is 0. The molecule has 0 saturated heterocycles. The van der Waals surface area contributed by atoms with E-state index in [1.807, 2.05) is 146 Å². The molecule has 12 aromatic rings. The third kappa shape index (κ3) is 8.65. The predicted molar refractivity (Wildman–Crippen MR) is 314 cm³/mol. The standard InChI is InChI=1S/C70H38N8/c1-74-58-22-14-50(15-23-58)56-36-54(48-10-4-45(42-71)5-11-48)38-63(40-56)77(61-28-8-47(44-73)9-29-61)67-34-20-52-19-33-66-68(35-21-53-18-32-65(67)69(52)70(53)66)78(62-30-26-60(76-3)27-31-62)64-39-55(49-12-6-46(43-72)7-13-49)37-57(41-64)51-16-24-59(75-2)25-17-51/h4-41H. The Morgan fingerprint density at radius 2 is 0.564 bits per heavy atom. The summed E-state index contributed by atoms with van der Waals surface area (Å²) in [6.07, 6.45) is 0. The van der Waals surface area contributed by atoms with Gasteiger partial charge >= 0.3 is 0 Å². The SMILES string of the molecule is [C-]#[N+]c1ccc(-c2cc(-c3ccc(C#N)cc3)cc(N(c3ccc(C#N)cc3)c3ccc4ccc5c(N(c6ccc([N+]#[C-])cc6)c6cc(-c7ccc(C#N)cc7)cc(-c7ccc([N+]#[C-])cc7)c6)ccc6ccc3c4c65)c2)cc1. The van der Waals surface area contributed by atoms with Crippen LogP contribution < -0.4 is 9.80 Å². The van der Waals surface area contributed by atoms with E-state index in [1.165, 1.54) is 0 Å². The molecule has 0 aliphatic carbocycles. The van der Waals surface area contributed by atoms with E-state index in [1.54, 1.807) is 0 Å². The highest BCUT2D eigenvalue weighted by Crippen LogP contribution is 2.49. The van der Waals surface area contributed by atoms with Crippen molar-refractivity contribution in [1.29, 1.82) is 15.8 Å². The molecule has 0 heterocycles. The second-order valence-corrected chi connectivity index (χ2v) is 18.8. The van der Waals surface area contributed by atoms with Crippen LogP contribution in [0.3, 0.4) is 0 Å². The van der Waals surface area contributed by atoms with E-state index in [-0.39, 0.29) is 0 Å². The van der Waals surface area contributed by atoms with E-state index in [9.17, 15) is 15.8 Å². The molecule has 0 unspecified atom stereocenters. The number of rotatable bonds is 10. The Balaban J connectivity index is 1.10. The lowest BCUT2D eigenvalue weighted by Crippen LogP contribution is -2.12. The molecule has 0 spiro atoms. The predicted octanol–water partition coefficient (Wildman–Crippen LogP) is 19.5. The third-order valence-corrected chi connectivity index (χ3v) is 14.3. The van der Waals surface area contributed by atoms with E-state index in [0.717, 1.165) is 111 Å². The van der Waals surface area contributed by atoms with Gasteiger partial charge in [0.25, 0.3) is 0 Å². The van der Waals surface area contributed by atoms with Gasteiger partial charge in [-0.15, -0.1) is 0 Å². The Morgan fingerprint density at radius 3 is 0.885 bits per heavy atom. The van der Waals surface area contributed by atoms with Crippen molar-refractivity contribution in [2.45, 2.75) is 0 Å². The van der Waals surface area contributed by atoms with Crippen molar-refractivity contribution in [3.8, 4) is 62.7 Å². The summed E-state index contributed by atoms with van der Waals surface area (Å²) in [6, 6.07) is 82.7. The Morgan fingerprint density at radius 1 is 0.282 bits per heavy atom. The summed E-state index contributed by atoms with van der Waals surface area (Å²) in [5.74, 6) is 0. The van der Waals surface area contributed by atoms with Crippen molar-refractivity contribution in [3.63, 3.8) is 0 Å². The number of benzene rings is 12. The van der Waals surface area contributed by atoms with Gasteiger partial charge in [-0.3, -0.25) is 0 Å².